The first-order valence-corrected chi connectivity index (χ1v) is 6.31. The topological polar surface area (TPSA) is 49.7 Å². The van der Waals surface area contributed by atoms with Crippen molar-refractivity contribution in [2.45, 2.75) is 12.2 Å². The first-order chi connectivity index (χ1) is 9.31. The Hall–Kier alpha value is -1.68. The second-order valence-corrected chi connectivity index (χ2v) is 4.37. The van der Waals surface area contributed by atoms with Crippen LogP contribution < -0.4 is 0 Å². The smallest absolute Gasteiger partial charge is 0.108 e. The molecule has 2 aromatic rings. The summed E-state index contributed by atoms with van der Waals surface area (Å²) in [6.45, 7) is -0.193. The third-order valence-electron chi connectivity index (χ3n) is 2.87. The average Bonchev–Trinajstić information content (AvgIpc) is 2.49. The molecule has 0 aliphatic carbocycles. The van der Waals surface area contributed by atoms with Crippen molar-refractivity contribution in [3.63, 3.8) is 0 Å². The van der Waals surface area contributed by atoms with Gasteiger partial charge >= 0.3 is 0 Å². The first-order valence-electron chi connectivity index (χ1n) is 6.31. The van der Waals surface area contributed by atoms with Gasteiger partial charge in [-0.1, -0.05) is 60.7 Å². The van der Waals surface area contributed by atoms with Crippen molar-refractivity contribution in [3.05, 3.63) is 71.8 Å². The molecule has 0 aromatic heterocycles. The minimum absolute atomic E-state index is 0.102. The van der Waals surface area contributed by atoms with Crippen LogP contribution in [0.1, 0.15) is 17.2 Å². The van der Waals surface area contributed by atoms with Crippen LogP contribution in [0.3, 0.4) is 0 Å². The maximum Gasteiger partial charge on any atom is 0.108 e. The van der Waals surface area contributed by atoms with E-state index in [1.165, 1.54) is 0 Å². The summed E-state index contributed by atoms with van der Waals surface area (Å²) in [6.07, 6.45) is -1.08. The molecule has 0 amide bonds. The van der Waals surface area contributed by atoms with Gasteiger partial charge in [-0.05, 0) is 11.1 Å². The number of rotatable bonds is 6. The molecule has 3 heteroatoms. The van der Waals surface area contributed by atoms with E-state index in [-0.39, 0.29) is 19.3 Å². The highest BCUT2D eigenvalue weighted by atomic mass is 16.5. The number of ether oxygens (including phenoxy) is 1. The molecule has 19 heavy (non-hydrogen) atoms. The maximum absolute atomic E-state index is 9.43. The van der Waals surface area contributed by atoms with Crippen LogP contribution in [0.5, 0.6) is 0 Å². The molecule has 3 nitrogen and oxygen atoms in total. The summed E-state index contributed by atoms with van der Waals surface area (Å²) in [4.78, 5) is 0. The van der Waals surface area contributed by atoms with Crippen LogP contribution in [0.4, 0.5) is 0 Å². The highest BCUT2D eigenvalue weighted by Crippen LogP contribution is 2.25. The Labute approximate surface area is 113 Å². The molecule has 0 fully saturated rings. The Morgan fingerprint density at radius 3 is 1.74 bits per heavy atom. The van der Waals surface area contributed by atoms with E-state index in [1.807, 2.05) is 60.7 Å². The minimum atomic E-state index is -0.852. The fourth-order valence-electron chi connectivity index (χ4n) is 1.90. The number of hydrogen-bond donors (Lipinski definition) is 2. The molecule has 100 valence electrons. The summed E-state index contributed by atoms with van der Waals surface area (Å²) in [5.41, 5.74) is 2.05. The molecule has 2 aromatic carbocycles. The molecule has 0 spiro atoms. The second kappa shape index (κ2) is 7.04. The van der Waals surface area contributed by atoms with Crippen LogP contribution in [0.15, 0.2) is 60.7 Å². The predicted molar refractivity (Wildman–Crippen MR) is 73.8 cm³/mol. The van der Waals surface area contributed by atoms with Crippen LogP contribution in [0, 0.1) is 0 Å². The van der Waals surface area contributed by atoms with Gasteiger partial charge in [0.15, 0.2) is 0 Å². The molecule has 0 bridgehead atoms. The molecule has 2 rings (SSSR count). The highest BCUT2D eigenvalue weighted by Gasteiger charge is 2.15. The Bertz CT molecular complexity index is 430. The number of hydrogen-bond acceptors (Lipinski definition) is 3. The number of aliphatic hydroxyl groups excluding tert-OH is 2. The largest absolute Gasteiger partial charge is 0.394 e. The second-order valence-electron chi connectivity index (χ2n) is 4.37. The lowest BCUT2D eigenvalue weighted by atomic mass is 10.0. The molecular weight excluding hydrogens is 240 g/mol. The lowest BCUT2D eigenvalue weighted by molar-refractivity contribution is -0.0167. The van der Waals surface area contributed by atoms with Crippen LogP contribution in [0.2, 0.25) is 0 Å². The SMILES string of the molecule is OC[C@H](O)COC(c1ccccc1)c1ccccc1. The van der Waals surface area contributed by atoms with Crippen molar-refractivity contribution < 1.29 is 14.9 Å². The van der Waals surface area contributed by atoms with Crippen LogP contribution in [-0.4, -0.2) is 29.5 Å². The molecule has 0 aliphatic rings. The summed E-state index contributed by atoms with van der Waals surface area (Å²) in [6, 6.07) is 19.7. The summed E-state index contributed by atoms with van der Waals surface area (Å²) in [5.74, 6) is 0. The zero-order valence-electron chi connectivity index (χ0n) is 10.6. The lowest BCUT2D eigenvalue weighted by Gasteiger charge is -2.20. The molecule has 0 saturated carbocycles. The number of aliphatic hydroxyl groups is 2. The van der Waals surface area contributed by atoms with Gasteiger partial charge in [0.2, 0.25) is 0 Å². The van der Waals surface area contributed by atoms with Crippen molar-refractivity contribution in [1.29, 1.82) is 0 Å². The summed E-state index contributed by atoms with van der Waals surface area (Å²) >= 11 is 0. The maximum atomic E-state index is 9.43. The summed E-state index contributed by atoms with van der Waals surface area (Å²) in [7, 11) is 0. The van der Waals surface area contributed by atoms with E-state index in [0.717, 1.165) is 11.1 Å². The molecule has 1 atom stereocenters. The molecular formula is C16H18O3. The van der Waals surface area contributed by atoms with Crippen LogP contribution in [0.25, 0.3) is 0 Å². The van der Waals surface area contributed by atoms with E-state index in [2.05, 4.69) is 0 Å². The molecule has 0 unspecified atom stereocenters. The van der Waals surface area contributed by atoms with Gasteiger partial charge in [-0.3, -0.25) is 0 Å². The van der Waals surface area contributed by atoms with Crippen LogP contribution in [-0.2, 0) is 4.74 Å². The van der Waals surface area contributed by atoms with Crippen molar-refractivity contribution in [3.8, 4) is 0 Å². The normalized spacial score (nSPS) is 12.6. The zero-order valence-corrected chi connectivity index (χ0v) is 10.6. The van der Waals surface area contributed by atoms with Crippen molar-refractivity contribution in [1.82, 2.24) is 0 Å². The Morgan fingerprint density at radius 1 is 0.842 bits per heavy atom. The Morgan fingerprint density at radius 2 is 1.32 bits per heavy atom. The quantitative estimate of drug-likeness (QED) is 0.834. The predicted octanol–water partition coefficient (Wildman–Crippen LogP) is 2.15. The summed E-state index contributed by atoms with van der Waals surface area (Å²) < 4.78 is 5.76. The first kappa shape index (κ1) is 13.7. The lowest BCUT2D eigenvalue weighted by Crippen LogP contribution is -2.21. The Balaban J connectivity index is 2.19. The standard InChI is InChI=1S/C16H18O3/c17-11-15(18)12-19-16(13-7-3-1-4-8-13)14-9-5-2-6-10-14/h1-10,15-18H,11-12H2/t15-/m0/s1. The van der Waals surface area contributed by atoms with Crippen molar-refractivity contribution >= 4 is 0 Å². The molecule has 0 saturated heterocycles. The average molecular weight is 258 g/mol. The monoisotopic (exact) mass is 258 g/mol. The fraction of sp³-hybridized carbons (Fsp3) is 0.250. The van der Waals surface area contributed by atoms with Crippen molar-refractivity contribution in [2.24, 2.45) is 0 Å². The highest BCUT2D eigenvalue weighted by molar-refractivity contribution is 5.29. The van der Waals surface area contributed by atoms with Gasteiger partial charge in [-0.25, -0.2) is 0 Å². The van der Waals surface area contributed by atoms with Crippen LogP contribution >= 0.6 is 0 Å². The molecule has 2 N–H and O–H groups in total. The Kier molecular flexibility index (Phi) is 5.10. The third-order valence-corrected chi connectivity index (χ3v) is 2.87. The van der Waals surface area contributed by atoms with Gasteiger partial charge in [0.1, 0.15) is 12.2 Å². The van der Waals surface area contributed by atoms with E-state index >= 15 is 0 Å². The van der Waals surface area contributed by atoms with E-state index in [9.17, 15) is 5.11 Å². The van der Waals surface area contributed by atoms with Gasteiger partial charge in [-0.15, -0.1) is 0 Å². The summed E-state index contributed by atoms with van der Waals surface area (Å²) in [5, 5.41) is 18.3. The van der Waals surface area contributed by atoms with E-state index in [4.69, 9.17) is 9.84 Å². The fourth-order valence-corrected chi connectivity index (χ4v) is 1.90. The van der Waals surface area contributed by atoms with Gasteiger partial charge in [-0.2, -0.15) is 0 Å². The molecule has 0 aliphatic heterocycles. The van der Waals surface area contributed by atoms with Crippen molar-refractivity contribution in [2.75, 3.05) is 13.2 Å². The van der Waals surface area contributed by atoms with E-state index in [1.54, 1.807) is 0 Å². The van der Waals surface area contributed by atoms with Gasteiger partial charge in [0, 0.05) is 0 Å². The van der Waals surface area contributed by atoms with Gasteiger partial charge < -0.3 is 14.9 Å². The number of benzene rings is 2. The minimum Gasteiger partial charge on any atom is -0.394 e. The van der Waals surface area contributed by atoms with Gasteiger partial charge in [0.25, 0.3) is 0 Å². The van der Waals surface area contributed by atoms with E-state index in [0.29, 0.717) is 0 Å². The molecule has 0 heterocycles. The third kappa shape index (κ3) is 3.89. The molecule has 0 radical (unpaired) electrons. The van der Waals surface area contributed by atoms with E-state index < -0.39 is 6.10 Å². The van der Waals surface area contributed by atoms with Gasteiger partial charge in [0.05, 0.1) is 13.2 Å². The zero-order chi connectivity index (χ0) is 13.5.